The van der Waals surface area contributed by atoms with E-state index in [1.807, 2.05) is 18.2 Å². The topological polar surface area (TPSA) is 41.1 Å². The molecule has 1 aromatic rings. The molecule has 1 unspecified atom stereocenters. The van der Waals surface area contributed by atoms with Crippen LogP contribution in [0.5, 0.6) is 0 Å². The van der Waals surface area contributed by atoms with E-state index in [0.717, 1.165) is 28.5 Å². The second-order valence-corrected chi connectivity index (χ2v) is 6.34. The van der Waals surface area contributed by atoms with Crippen molar-refractivity contribution in [3.05, 3.63) is 32.7 Å². The van der Waals surface area contributed by atoms with Crippen molar-refractivity contribution < 1.29 is 4.79 Å². The lowest BCUT2D eigenvalue weighted by atomic mass is 10.0. The molecule has 92 valence electrons. The zero-order valence-corrected chi connectivity index (χ0v) is 12.7. The fourth-order valence-electron chi connectivity index (χ4n) is 1.94. The van der Waals surface area contributed by atoms with Gasteiger partial charge in [-0.2, -0.15) is 0 Å². The van der Waals surface area contributed by atoms with Gasteiger partial charge in [0.05, 0.1) is 11.1 Å². The van der Waals surface area contributed by atoms with Gasteiger partial charge in [-0.3, -0.25) is 4.79 Å². The van der Waals surface area contributed by atoms with Gasteiger partial charge >= 0.3 is 0 Å². The van der Waals surface area contributed by atoms with E-state index in [0.29, 0.717) is 5.56 Å². The Morgan fingerprint density at radius 2 is 2.24 bits per heavy atom. The molecular formula is C12H14Br2N2O. The van der Waals surface area contributed by atoms with Gasteiger partial charge in [0.2, 0.25) is 0 Å². The van der Waals surface area contributed by atoms with Crippen molar-refractivity contribution in [1.29, 1.82) is 0 Å². The summed E-state index contributed by atoms with van der Waals surface area (Å²) in [6.45, 7) is 3.85. The van der Waals surface area contributed by atoms with E-state index in [1.54, 1.807) is 0 Å². The second-order valence-electron chi connectivity index (χ2n) is 4.57. The lowest BCUT2D eigenvalue weighted by molar-refractivity contribution is 0.0912. The van der Waals surface area contributed by atoms with Crippen LogP contribution in [0.2, 0.25) is 0 Å². The van der Waals surface area contributed by atoms with E-state index < -0.39 is 0 Å². The largest absolute Gasteiger partial charge is 0.346 e. The van der Waals surface area contributed by atoms with E-state index in [9.17, 15) is 4.79 Å². The summed E-state index contributed by atoms with van der Waals surface area (Å²) in [7, 11) is 0. The monoisotopic (exact) mass is 360 g/mol. The highest BCUT2D eigenvalue weighted by Crippen LogP contribution is 2.23. The Hall–Kier alpha value is -0.390. The van der Waals surface area contributed by atoms with Crippen LogP contribution >= 0.6 is 31.9 Å². The highest BCUT2D eigenvalue weighted by molar-refractivity contribution is 9.11. The van der Waals surface area contributed by atoms with Gasteiger partial charge in [0, 0.05) is 15.5 Å². The molecule has 1 atom stereocenters. The van der Waals surface area contributed by atoms with Crippen molar-refractivity contribution in [2.45, 2.75) is 18.9 Å². The Morgan fingerprint density at radius 1 is 1.47 bits per heavy atom. The highest BCUT2D eigenvalue weighted by Gasteiger charge is 2.30. The molecule has 1 heterocycles. The van der Waals surface area contributed by atoms with Gasteiger partial charge in [0.15, 0.2) is 0 Å². The first-order valence-corrected chi connectivity index (χ1v) is 7.07. The SMILES string of the molecule is CC1(NC(=O)c2ccc(Br)cc2Br)CCNC1. The predicted molar refractivity (Wildman–Crippen MR) is 75.2 cm³/mol. The summed E-state index contributed by atoms with van der Waals surface area (Å²) in [5.74, 6) is -0.0319. The molecule has 0 saturated carbocycles. The quantitative estimate of drug-likeness (QED) is 0.850. The molecule has 3 nitrogen and oxygen atoms in total. The number of amides is 1. The van der Waals surface area contributed by atoms with Gasteiger partial charge in [0.25, 0.3) is 5.91 Å². The van der Waals surface area contributed by atoms with Crippen LogP contribution in [0, 0.1) is 0 Å². The zero-order valence-electron chi connectivity index (χ0n) is 9.52. The van der Waals surface area contributed by atoms with E-state index in [2.05, 4.69) is 49.4 Å². The van der Waals surface area contributed by atoms with Crippen molar-refractivity contribution in [3.63, 3.8) is 0 Å². The summed E-state index contributed by atoms with van der Waals surface area (Å²) in [6.07, 6.45) is 0.965. The molecule has 1 amide bonds. The van der Waals surface area contributed by atoms with Crippen molar-refractivity contribution in [3.8, 4) is 0 Å². The Labute approximate surface area is 118 Å². The van der Waals surface area contributed by atoms with Gasteiger partial charge in [-0.05, 0) is 54.0 Å². The molecule has 17 heavy (non-hydrogen) atoms. The van der Waals surface area contributed by atoms with Gasteiger partial charge in [-0.15, -0.1) is 0 Å². The number of rotatable bonds is 2. The fraction of sp³-hybridized carbons (Fsp3) is 0.417. The summed E-state index contributed by atoms with van der Waals surface area (Å²) in [5, 5.41) is 6.34. The summed E-state index contributed by atoms with van der Waals surface area (Å²) >= 11 is 6.78. The summed E-state index contributed by atoms with van der Waals surface area (Å²) in [5.41, 5.74) is 0.533. The third-order valence-electron chi connectivity index (χ3n) is 2.96. The maximum Gasteiger partial charge on any atom is 0.252 e. The van der Waals surface area contributed by atoms with E-state index in [-0.39, 0.29) is 11.4 Å². The Bertz CT molecular complexity index is 442. The van der Waals surface area contributed by atoms with Crippen LogP contribution in [-0.2, 0) is 0 Å². The lowest BCUT2D eigenvalue weighted by Crippen LogP contribution is -2.47. The van der Waals surface area contributed by atoms with Crippen LogP contribution in [0.25, 0.3) is 0 Å². The van der Waals surface area contributed by atoms with E-state index in [1.165, 1.54) is 0 Å². The average molecular weight is 362 g/mol. The number of carbonyl (C=O) groups is 1. The Morgan fingerprint density at radius 3 is 2.82 bits per heavy atom. The van der Waals surface area contributed by atoms with Crippen LogP contribution in [0.1, 0.15) is 23.7 Å². The van der Waals surface area contributed by atoms with Crippen LogP contribution in [-0.4, -0.2) is 24.5 Å². The minimum absolute atomic E-state index is 0.0319. The van der Waals surface area contributed by atoms with E-state index in [4.69, 9.17) is 0 Å². The highest BCUT2D eigenvalue weighted by atomic mass is 79.9. The number of carbonyl (C=O) groups excluding carboxylic acids is 1. The number of halogens is 2. The van der Waals surface area contributed by atoms with Crippen LogP contribution in [0.4, 0.5) is 0 Å². The van der Waals surface area contributed by atoms with Crippen molar-refractivity contribution >= 4 is 37.8 Å². The first-order chi connectivity index (χ1) is 8.00. The van der Waals surface area contributed by atoms with Crippen molar-refractivity contribution in [1.82, 2.24) is 10.6 Å². The number of benzene rings is 1. The van der Waals surface area contributed by atoms with Gasteiger partial charge in [0.1, 0.15) is 0 Å². The smallest absolute Gasteiger partial charge is 0.252 e. The molecule has 0 aromatic heterocycles. The van der Waals surface area contributed by atoms with Gasteiger partial charge in [-0.1, -0.05) is 15.9 Å². The third kappa shape index (κ3) is 3.09. The normalized spacial score (nSPS) is 23.7. The molecule has 0 radical (unpaired) electrons. The number of hydrogen-bond donors (Lipinski definition) is 2. The Balaban J connectivity index is 2.14. The van der Waals surface area contributed by atoms with Crippen molar-refractivity contribution in [2.24, 2.45) is 0 Å². The first kappa shape index (κ1) is 13.1. The molecule has 1 fully saturated rings. The molecular weight excluding hydrogens is 348 g/mol. The van der Waals surface area contributed by atoms with Crippen molar-refractivity contribution in [2.75, 3.05) is 13.1 Å². The zero-order chi connectivity index (χ0) is 12.5. The molecule has 5 heteroatoms. The molecule has 0 aliphatic carbocycles. The summed E-state index contributed by atoms with van der Waals surface area (Å²) < 4.78 is 1.76. The fourth-order valence-corrected chi connectivity index (χ4v) is 3.17. The molecule has 0 spiro atoms. The Kier molecular flexibility index (Phi) is 3.90. The molecule has 1 aromatic carbocycles. The molecule has 1 aliphatic heterocycles. The van der Waals surface area contributed by atoms with Crippen LogP contribution < -0.4 is 10.6 Å². The number of hydrogen-bond acceptors (Lipinski definition) is 2. The lowest BCUT2D eigenvalue weighted by Gasteiger charge is -2.24. The molecule has 1 aliphatic rings. The molecule has 2 rings (SSSR count). The maximum absolute atomic E-state index is 12.2. The molecule has 1 saturated heterocycles. The predicted octanol–water partition coefficient (Wildman–Crippen LogP) is 2.69. The minimum Gasteiger partial charge on any atom is -0.346 e. The summed E-state index contributed by atoms with van der Waals surface area (Å²) in [4.78, 5) is 12.2. The van der Waals surface area contributed by atoms with Gasteiger partial charge < -0.3 is 10.6 Å². The van der Waals surface area contributed by atoms with E-state index >= 15 is 0 Å². The second kappa shape index (κ2) is 5.08. The average Bonchev–Trinajstić information content (AvgIpc) is 2.64. The molecule has 2 N–H and O–H groups in total. The number of nitrogens with one attached hydrogen (secondary N) is 2. The van der Waals surface area contributed by atoms with Crippen LogP contribution in [0.3, 0.4) is 0 Å². The first-order valence-electron chi connectivity index (χ1n) is 5.48. The maximum atomic E-state index is 12.2. The standard InChI is InChI=1S/C12H14Br2N2O/c1-12(4-5-15-7-12)16-11(17)9-3-2-8(13)6-10(9)14/h2-3,6,15H,4-5,7H2,1H3,(H,16,17). The third-order valence-corrected chi connectivity index (χ3v) is 4.11. The summed E-state index contributed by atoms with van der Waals surface area (Å²) in [6, 6.07) is 5.56. The molecule has 0 bridgehead atoms. The van der Waals surface area contributed by atoms with Gasteiger partial charge in [-0.25, -0.2) is 0 Å². The van der Waals surface area contributed by atoms with Crippen LogP contribution in [0.15, 0.2) is 27.1 Å². The minimum atomic E-state index is -0.135.